The van der Waals surface area contributed by atoms with Gasteiger partial charge in [-0.25, -0.2) is 4.79 Å². The van der Waals surface area contributed by atoms with Gasteiger partial charge in [-0.15, -0.1) is 0 Å². The monoisotopic (exact) mass is 277 g/mol. The molecular formula is C14H19N3O3. The van der Waals surface area contributed by atoms with E-state index in [4.69, 9.17) is 14.9 Å². The number of benzene rings is 1. The Morgan fingerprint density at radius 1 is 1.45 bits per heavy atom. The summed E-state index contributed by atoms with van der Waals surface area (Å²) in [7, 11) is 1.59. The van der Waals surface area contributed by atoms with E-state index in [1.165, 1.54) is 0 Å². The highest BCUT2D eigenvalue weighted by Gasteiger charge is 2.36. The van der Waals surface area contributed by atoms with Crippen LogP contribution in [0.3, 0.4) is 0 Å². The molecular weight excluding hydrogens is 258 g/mol. The van der Waals surface area contributed by atoms with Gasteiger partial charge in [-0.2, -0.15) is 0 Å². The minimum atomic E-state index is -0.405. The van der Waals surface area contributed by atoms with Crippen LogP contribution in [-0.4, -0.2) is 43.6 Å². The number of nitrogens with zero attached hydrogens (tertiary/aromatic N) is 1. The summed E-state index contributed by atoms with van der Waals surface area (Å²) in [6.45, 7) is 3.37. The highest BCUT2D eigenvalue weighted by atomic mass is 16.5. The third kappa shape index (κ3) is 2.91. The van der Waals surface area contributed by atoms with Crippen LogP contribution >= 0.6 is 0 Å². The fraction of sp³-hybridized carbons (Fsp3) is 0.429. The molecule has 6 heteroatoms. The van der Waals surface area contributed by atoms with Crippen molar-refractivity contribution in [2.75, 3.05) is 26.9 Å². The van der Waals surface area contributed by atoms with Crippen molar-refractivity contribution in [1.82, 2.24) is 10.2 Å². The molecule has 1 aliphatic heterocycles. The number of hydrogen-bond acceptors (Lipinski definition) is 4. The summed E-state index contributed by atoms with van der Waals surface area (Å²) in [6, 6.07) is 6.81. The molecule has 0 aromatic heterocycles. The largest absolute Gasteiger partial charge is 0.494 e. The van der Waals surface area contributed by atoms with E-state index < -0.39 is 6.04 Å². The van der Waals surface area contributed by atoms with Crippen LogP contribution in [0.4, 0.5) is 4.79 Å². The van der Waals surface area contributed by atoms with Crippen LogP contribution in [0.5, 0.6) is 5.75 Å². The summed E-state index contributed by atoms with van der Waals surface area (Å²) >= 11 is 0. The average Bonchev–Trinajstić information content (AvgIpc) is 2.71. The van der Waals surface area contributed by atoms with Crippen molar-refractivity contribution in [3.63, 3.8) is 0 Å². The van der Waals surface area contributed by atoms with E-state index in [9.17, 15) is 4.79 Å². The molecule has 1 fully saturated rings. The number of carbonyl (C=O) groups excluding carboxylic acids is 1. The maximum Gasteiger partial charge on any atom is 0.323 e. The van der Waals surface area contributed by atoms with Crippen molar-refractivity contribution in [1.29, 1.82) is 5.41 Å². The zero-order valence-electron chi connectivity index (χ0n) is 11.7. The molecule has 6 nitrogen and oxygen atoms in total. The average molecular weight is 277 g/mol. The Hall–Kier alpha value is -2.08. The molecule has 2 rings (SSSR count). The number of hydrogen-bond donors (Lipinski definition) is 2. The van der Waals surface area contributed by atoms with Crippen LogP contribution in [0.25, 0.3) is 0 Å². The second-order valence-electron chi connectivity index (χ2n) is 4.44. The third-order valence-corrected chi connectivity index (χ3v) is 3.11. The van der Waals surface area contributed by atoms with Gasteiger partial charge in [-0.3, -0.25) is 10.7 Å². The minimum Gasteiger partial charge on any atom is -0.494 e. The van der Waals surface area contributed by atoms with E-state index in [2.05, 4.69) is 5.32 Å². The normalized spacial score (nSPS) is 18.3. The first-order chi connectivity index (χ1) is 9.67. The maximum absolute atomic E-state index is 11.9. The molecule has 1 unspecified atom stereocenters. The van der Waals surface area contributed by atoms with Gasteiger partial charge in [0, 0.05) is 13.7 Å². The highest BCUT2D eigenvalue weighted by Crippen LogP contribution is 2.28. The molecule has 0 saturated carbocycles. The number of carbonyl (C=O) groups is 1. The van der Waals surface area contributed by atoms with Crippen LogP contribution < -0.4 is 10.1 Å². The molecule has 1 atom stereocenters. The second kappa shape index (κ2) is 6.38. The van der Waals surface area contributed by atoms with Gasteiger partial charge in [-0.05, 0) is 24.6 Å². The molecule has 108 valence electrons. The summed E-state index contributed by atoms with van der Waals surface area (Å²) in [5.41, 5.74) is 0.857. The predicted octanol–water partition coefficient (Wildman–Crippen LogP) is 1.78. The van der Waals surface area contributed by atoms with Gasteiger partial charge in [0.15, 0.2) is 0 Å². The number of methoxy groups -OCH3 is 1. The summed E-state index contributed by atoms with van der Waals surface area (Å²) in [4.78, 5) is 13.5. The number of urea groups is 1. The van der Waals surface area contributed by atoms with Gasteiger partial charge in [0.1, 0.15) is 17.6 Å². The molecule has 0 radical (unpaired) electrons. The Morgan fingerprint density at radius 2 is 2.25 bits per heavy atom. The van der Waals surface area contributed by atoms with E-state index in [0.717, 1.165) is 11.3 Å². The molecule has 0 spiro atoms. The van der Waals surface area contributed by atoms with Crippen LogP contribution in [0.1, 0.15) is 18.5 Å². The van der Waals surface area contributed by atoms with Gasteiger partial charge in [0.05, 0.1) is 13.2 Å². The molecule has 20 heavy (non-hydrogen) atoms. The number of rotatable bonds is 6. The summed E-state index contributed by atoms with van der Waals surface area (Å²) in [5.74, 6) is 0.920. The Morgan fingerprint density at radius 3 is 2.95 bits per heavy atom. The molecule has 0 aliphatic carbocycles. The zero-order chi connectivity index (χ0) is 14.5. The number of amidine groups is 1. The predicted molar refractivity (Wildman–Crippen MR) is 75.2 cm³/mol. The first kappa shape index (κ1) is 14.3. The van der Waals surface area contributed by atoms with E-state index in [1.54, 1.807) is 12.0 Å². The van der Waals surface area contributed by atoms with E-state index in [1.807, 2.05) is 31.2 Å². The topological polar surface area (TPSA) is 74.7 Å². The quantitative estimate of drug-likeness (QED) is 0.832. The molecule has 1 aliphatic rings. The van der Waals surface area contributed by atoms with Crippen LogP contribution in [0.15, 0.2) is 24.3 Å². The number of nitrogens with one attached hydrogen (secondary N) is 2. The molecule has 2 amide bonds. The molecule has 1 saturated heterocycles. The lowest BCUT2D eigenvalue weighted by atomic mass is 10.1. The van der Waals surface area contributed by atoms with Crippen molar-refractivity contribution in [3.8, 4) is 5.75 Å². The van der Waals surface area contributed by atoms with Gasteiger partial charge in [0.25, 0.3) is 0 Å². The zero-order valence-corrected chi connectivity index (χ0v) is 11.7. The lowest BCUT2D eigenvalue weighted by Crippen LogP contribution is -2.32. The number of ether oxygens (including phenoxy) is 2. The van der Waals surface area contributed by atoms with Gasteiger partial charge >= 0.3 is 6.03 Å². The first-order valence-corrected chi connectivity index (χ1v) is 6.55. The Labute approximate surface area is 118 Å². The van der Waals surface area contributed by atoms with E-state index in [-0.39, 0.29) is 11.9 Å². The van der Waals surface area contributed by atoms with Gasteiger partial charge < -0.3 is 14.4 Å². The van der Waals surface area contributed by atoms with E-state index >= 15 is 0 Å². The van der Waals surface area contributed by atoms with E-state index in [0.29, 0.717) is 19.8 Å². The number of amides is 2. The lowest BCUT2D eigenvalue weighted by Gasteiger charge is -2.23. The van der Waals surface area contributed by atoms with Crippen molar-refractivity contribution in [2.24, 2.45) is 0 Å². The molecule has 2 N–H and O–H groups in total. The maximum atomic E-state index is 11.9. The third-order valence-electron chi connectivity index (χ3n) is 3.11. The van der Waals surface area contributed by atoms with Crippen LogP contribution in [0, 0.1) is 5.41 Å². The molecule has 1 heterocycles. The second-order valence-corrected chi connectivity index (χ2v) is 4.44. The molecule has 1 aromatic rings. The van der Waals surface area contributed by atoms with Crippen LogP contribution in [-0.2, 0) is 4.74 Å². The standard InChI is InChI=1S/C14H19N3O3/c1-3-20-11-6-4-5-10(9-11)12-13(15)16-14(18)17(12)7-8-19-2/h4-6,9,12H,3,7-8H2,1-2H3,(H2,15,16,18). The van der Waals surface area contributed by atoms with Gasteiger partial charge in [0.2, 0.25) is 0 Å². The minimum absolute atomic E-state index is 0.180. The van der Waals surface area contributed by atoms with Gasteiger partial charge in [-0.1, -0.05) is 12.1 Å². The SMILES string of the molecule is CCOc1cccc(C2C(=N)NC(=O)N2CCOC)c1. The highest BCUT2D eigenvalue weighted by molar-refractivity contribution is 6.06. The molecule has 0 bridgehead atoms. The molecule has 1 aromatic carbocycles. The fourth-order valence-corrected chi connectivity index (χ4v) is 2.24. The van der Waals surface area contributed by atoms with Crippen LogP contribution in [0.2, 0.25) is 0 Å². The summed E-state index contributed by atoms with van der Waals surface area (Å²) in [5, 5.41) is 10.5. The van der Waals surface area contributed by atoms with Crippen molar-refractivity contribution in [2.45, 2.75) is 13.0 Å². The summed E-state index contributed by atoms with van der Waals surface area (Å²) in [6.07, 6.45) is 0. The lowest BCUT2D eigenvalue weighted by molar-refractivity contribution is 0.150. The fourth-order valence-electron chi connectivity index (χ4n) is 2.24. The smallest absolute Gasteiger partial charge is 0.323 e. The van der Waals surface area contributed by atoms with Crippen molar-refractivity contribution >= 4 is 11.9 Å². The Balaban J connectivity index is 2.25. The van der Waals surface area contributed by atoms with Crippen molar-refractivity contribution in [3.05, 3.63) is 29.8 Å². The summed E-state index contributed by atoms with van der Waals surface area (Å²) < 4.78 is 10.5. The Bertz CT molecular complexity index is 504. The Kier molecular flexibility index (Phi) is 4.57. The van der Waals surface area contributed by atoms with Crippen molar-refractivity contribution < 1.29 is 14.3 Å². The first-order valence-electron chi connectivity index (χ1n) is 6.55.